The average Bonchev–Trinajstić information content (AvgIpc) is 2.67. The van der Waals surface area contributed by atoms with Gasteiger partial charge in [-0.1, -0.05) is 38.2 Å². The van der Waals surface area contributed by atoms with Crippen LogP contribution in [-0.2, 0) is 14.4 Å². The first-order chi connectivity index (χ1) is 14.3. The van der Waals surface area contributed by atoms with Crippen molar-refractivity contribution in [2.75, 3.05) is 13.1 Å². The quantitative estimate of drug-likeness (QED) is 0.116. The van der Waals surface area contributed by atoms with E-state index in [1.165, 1.54) is 0 Å². The second kappa shape index (κ2) is 26.7. The van der Waals surface area contributed by atoms with Gasteiger partial charge in [-0.2, -0.15) is 0 Å². The fraction of sp³-hybridized carbons (Fsp3) is 0.636. The molecule has 0 aliphatic carbocycles. The number of nitrogens with zero attached hydrogens (tertiary/aromatic N) is 1. The van der Waals surface area contributed by atoms with Gasteiger partial charge in [-0.25, -0.2) is 0 Å². The van der Waals surface area contributed by atoms with Gasteiger partial charge in [0, 0.05) is 31.9 Å². The van der Waals surface area contributed by atoms with Gasteiger partial charge in [-0.15, -0.1) is 0 Å². The van der Waals surface area contributed by atoms with Gasteiger partial charge >= 0.3 is 43.7 Å². The third kappa shape index (κ3) is 33.5. The molecule has 0 atom stereocenters. The number of carboxylic acids is 2. The van der Waals surface area contributed by atoms with Crippen LogP contribution in [0.2, 0.25) is 0 Å². The van der Waals surface area contributed by atoms with E-state index in [9.17, 15) is 24.6 Å². The Morgan fingerprint density at radius 3 is 1.90 bits per heavy atom. The molecule has 0 aromatic heterocycles. The molecule has 0 saturated carbocycles. The zero-order chi connectivity index (χ0) is 23.0. The number of aliphatic imine (C=N–C) groups is 1. The molecule has 0 saturated heterocycles. The van der Waals surface area contributed by atoms with Gasteiger partial charge in [0.05, 0.1) is 6.42 Å². The van der Waals surface area contributed by atoms with Crippen LogP contribution in [0.25, 0.3) is 0 Å². The Morgan fingerprint density at radius 1 is 0.871 bits per heavy atom. The van der Waals surface area contributed by atoms with Crippen molar-refractivity contribution in [3.05, 3.63) is 24.3 Å². The number of hydrogen-bond donors (Lipinski definition) is 2. The van der Waals surface area contributed by atoms with Gasteiger partial charge in [-0.05, 0) is 50.8 Å². The van der Waals surface area contributed by atoms with Crippen molar-refractivity contribution in [2.45, 2.75) is 78.1 Å². The Hall–Kier alpha value is -1.38. The van der Waals surface area contributed by atoms with Crippen LogP contribution in [0.15, 0.2) is 29.3 Å². The van der Waals surface area contributed by atoms with Crippen LogP contribution >= 0.6 is 0 Å². The third-order valence-electron chi connectivity index (χ3n) is 3.61. The monoisotopic (exact) mass is 464 g/mol. The summed E-state index contributed by atoms with van der Waals surface area (Å²) in [7, 11) is 0. The van der Waals surface area contributed by atoms with Crippen molar-refractivity contribution in [1.82, 2.24) is 5.32 Å². The summed E-state index contributed by atoms with van der Waals surface area (Å²) < 4.78 is 0. The second-order valence-electron chi connectivity index (χ2n) is 6.43. The number of nitrogens with one attached hydrogen (secondary N) is 1. The van der Waals surface area contributed by atoms with Gasteiger partial charge in [0.2, 0.25) is 5.91 Å². The zero-order valence-corrected chi connectivity index (χ0v) is 21.1. The Labute approximate surface area is 215 Å². The van der Waals surface area contributed by atoms with Crippen LogP contribution in [0, 0.1) is 0 Å². The molecule has 0 spiro atoms. The summed E-state index contributed by atoms with van der Waals surface area (Å²) in [4.78, 5) is 34.9. The summed E-state index contributed by atoms with van der Waals surface area (Å²) in [6.45, 7) is 4.37. The van der Waals surface area contributed by atoms with E-state index in [1.807, 2.05) is 6.08 Å². The van der Waals surface area contributed by atoms with E-state index >= 15 is 0 Å². The molecule has 0 aromatic rings. The first-order valence-electron chi connectivity index (χ1n) is 10.5. The maximum absolute atomic E-state index is 11.1. The number of amides is 1. The van der Waals surface area contributed by atoms with E-state index in [2.05, 4.69) is 42.4 Å². The van der Waals surface area contributed by atoms with Crippen LogP contribution in [0.3, 0.4) is 0 Å². The molecule has 0 rings (SSSR count). The number of carboxylic acid groups (broad SMARTS) is 2. The smallest absolute Gasteiger partial charge is 0.862 e. The van der Waals surface area contributed by atoms with E-state index in [1.54, 1.807) is 0 Å². The molecular formula is C22H36CaN2O6. The molecule has 0 bridgehead atoms. The van der Waals surface area contributed by atoms with E-state index in [0.717, 1.165) is 38.5 Å². The standard InChI is InChI=1S/2C11H19NO3.Ca/c2*1-2-3-4-5-6-7-10(13)12-9-8-11(14)15;/h2*3-4H,2,5-9H2,1H3,(H,12,13)(H,14,15);/q;;+2/p-2/b2*4-3+;. The molecule has 0 aliphatic rings. The van der Waals surface area contributed by atoms with Crippen LogP contribution in [0.5, 0.6) is 0 Å². The molecular weight excluding hydrogens is 428 g/mol. The maximum Gasteiger partial charge on any atom is 2.00 e. The summed E-state index contributed by atoms with van der Waals surface area (Å²) in [6, 6.07) is 0. The Bertz CT molecular complexity index is 562. The number of carbonyl (C=O) groups is 3. The Balaban J connectivity index is -0.000000490. The van der Waals surface area contributed by atoms with Crippen molar-refractivity contribution in [3.63, 3.8) is 0 Å². The molecule has 0 unspecified atom stereocenters. The molecule has 0 aromatic carbocycles. The number of hydrogen-bond acceptors (Lipinski definition) is 6. The van der Waals surface area contributed by atoms with Gasteiger partial charge in [0.1, 0.15) is 0 Å². The molecule has 0 fully saturated rings. The summed E-state index contributed by atoms with van der Waals surface area (Å²) in [6.07, 6.45) is 14.3. The Morgan fingerprint density at radius 2 is 1.42 bits per heavy atom. The minimum atomic E-state index is -1.17. The summed E-state index contributed by atoms with van der Waals surface area (Å²) in [5.41, 5.74) is 0. The van der Waals surface area contributed by atoms with Crippen molar-refractivity contribution in [1.29, 1.82) is 0 Å². The fourth-order valence-electron chi connectivity index (χ4n) is 2.07. The summed E-state index contributed by atoms with van der Waals surface area (Å²) >= 11 is 0. The Kier molecular flexibility index (Phi) is 29.4. The molecule has 8 nitrogen and oxygen atoms in total. The number of carbonyl (C=O) groups excluding carboxylic acids is 2. The molecule has 9 heteroatoms. The van der Waals surface area contributed by atoms with Crippen LogP contribution in [0.1, 0.15) is 78.1 Å². The largest absolute Gasteiger partial charge is 2.00 e. The van der Waals surface area contributed by atoms with Gasteiger partial charge in [0.15, 0.2) is 0 Å². The SMILES string of the molecule is CC/C=C/CCCC(=O)NCCC(=O)O.CC/C=C/CCCC([O-])=NCCC(=O)[O-].[Ca+2]. The normalized spacial score (nSPS) is 11.0. The van der Waals surface area contributed by atoms with Crippen molar-refractivity contribution in [2.24, 2.45) is 4.99 Å². The molecule has 0 radical (unpaired) electrons. The molecule has 172 valence electrons. The van der Waals surface area contributed by atoms with Gasteiger partial charge < -0.3 is 30.4 Å². The maximum atomic E-state index is 11.1. The average molecular weight is 465 g/mol. The van der Waals surface area contributed by atoms with E-state index < -0.39 is 11.9 Å². The zero-order valence-electron chi connectivity index (χ0n) is 18.9. The molecule has 0 aliphatic heterocycles. The first-order valence-corrected chi connectivity index (χ1v) is 10.5. The van der Waals surface area contributed by atoms with Crippen molar-refractivity contribution >= 4 is 61.5 Å². The van der Waals surface area contributed by atoms with Crippen LogP contribution in [0.4, 0.5) is 0 Å². The van der Waals surface area contributed by atoms with E-state index in [0.29, 0.717) is 12.8 Å². The number of aliphatic carboxylic acids is 2. The van der Waals surface area contributed by atoms with E-state index in [-0.39, 0.29) is 75.5 Å². The molecule has 1 amide bonds. The summed E-state index contributed by atoms with van der Waals surface area (Å²) in [5, 5.41) is 32.0. The van der Waals surface area contributed by atoms with Crippen LogP contribution < -0.4 is 15.5 Å². The topological polar surface area (TPSA) is 142 Å². The number of rotatable bonds is 16. The minimum absolute atomic E-state index is 0. The third-order valence-corrected chi connectivity index (χ3v) is 3.61. The second-order valence-corrected chi connectivity index (χ2v) is 6.43. The van der Waals surface area contributed by atoms with Crippen LogP contribution in [-0.4, -0.2) is 79.7 Å². The van der Waals surface area contributed by atoms with Crippen molar-refractivity contribution < 1.29 is 29.7 Å². The predicted molar refractivity (Wildman–Crippen MR) is 120 cm³/mol. The number of allylic oxidation sites excluding steroid dienone is 4. The molecule has 31 heavy (non-hydrogen) atoms. The predicted octanol–water partition coefficient (Wildman–Crippen LogP) is 1.35. The number of unbranched alkanes of at least 4 members (excludes halogenated alkanes) is 2. The first kappa shape index (κ1) is 34.2. The molecule has 2 N–H and O–H groups in total. The summed E-state index contributed by atoms with van der Waals surface area (Å²) in [5.74, 6) is -2.35. The minimum Gasteiger partial charge on any atom is -0.862 e. The fourth-order valence-corrected chi connectivity index (χ4v) is 2.07. The molecule has 0 heterocycles. The van der Waals surface area contributed by atoms with E-state index in [4.69, 9.17) is 5.11 Å². The van der Waals surface area contributed by atoms with Crippen molar-refractivity contribution in [3.8, 4) is 0 Å². The van der Waals surface area contributed by atoms with Gasteiger partial charge in [-0.3, -0.25) is 9.59 Å². The van der Waals surface area contributed by atoms with Gasteiger partial charge in [0.25, 0.3) is 0 Å².